The molecule has 2 N–H and O–H groups in total. The van der Waals surface area contributed by atoms with Crippen molar-refractivity contribution >= 4 is 41.7 Å². The van der Waals surface area contributed by atoms with Gasteiger partial charge in [-0.2, -0.15) is 11.8 Å². The molecule has 2 atom stereocenters. The summed E-state index contributed by atoms with van der Waals surface area (Å²) >= 11 is 2.09. The van der Waals surface area contributed by atoms with Crippen molar-refractivity contribution < 1.29 is 4.74 Å². The molecule has 0 aromatic carbocycles. The van der Waals surface area contributed by atoms with Crippen molar-refractivity contribution in [2.75, 3.05) is 58.2 Å². The molecule has 2 rings (SSSR count). The van der Waals surface area contributed by atoms with Gasteiger partial charge in [0.2, 0.25) is 0 Å². The van der Waals surface area contributed by atoms with E-state index in [0.717, 1.165) is 63.7 Å². The molecule has 5 nitrogen and oxygen atoms in total. The molecule has 2 aliphatic rings. The van der Waals surface area contributed by atoms with E-state index in [-0.39, 0.29) is 24.0 Å². The Labute approximate surface area is 162 Å². The van der Waals surface area contributed by atoms with Crippen molar-refractivity contribution in [1.29, 1.82) is 0 Å². The van der Waals surface area contributed by atoms with E-state index in [1.807, 2.05) is 0 Å². The molecule has 23 heavy (non-hydrogen) atoms. The van der Waals surface area contributed by atoms with Gasteiger partial charge in [0, 0.05) is 44.5 Å². The van der Waals surface area contributed by atoms with Crippen LogP contribution in [0.2, 0.25) is 0 Å². The Morgan fingerprint density at radius 1 is 1.35 bits per heavy atom. The molecule has 0 radical (unpaired) electrons. The minimum Gasteiger partial charge on any atom is -0.379 e. The molecule has 0 saturated carbocycles. The Hall–Kier alpha value is 0.270. The normalized spacial score (nSPS) is 24.1. The van der Waals surface area contributed by atoms with Gasteiger partial charge in [-0.15, -0.1) is 24.0 Å². The van der Waals surface area contributed by atoms with Crippen LogP contribution in [0.1, 0.15) is 26.7 Å². The maximum absolute atomic E-state index is 5.40. The van der Waals surface area contributed by atoms with Crippen molar-refractivity contribution in [2.24, 2.45) is 10.9 Å². The lowest BCUT2D eigenvalue weighted by molar-refractivity contribution is 0.0323. The molecule has 2 unspecified atom stereocenters. The molecular weight excluding hydrogens is 423 g/mol. The number of halogens is 1. The van der Waals surface area contributed by atoms with E-state index in [1.54, 1.807) is 0 Å². The molecule has 2 aliphatic heterocycles. The molecule has 2 heterocycles. The summed E-state index contributed by atoms with van der Waals surface area (Å²) in [5.74, 6) is 2.87. The van der Waals surface area contributed by atoms with Crippen LogP contribution in [0.3, 0.4) is 0 Å². The molecule has 0 aromatic heterocycles. The zero-order chi connectivity index (χ0) is 15.6. The molecule has 7 heteroatoms. The van der Waals surface area contributed by atoms with E-state index < -0.39 is 0 Å². The van der Waals surface area contributed by atoms with E-state index in [9.17, 15) is 0 Å². The van der Waals surface area contributed by atoms with E-state index in [0.29, 0.717) is 5.92 Å². The number of rotatable bonds is 7. The first-order valence-corrected chi connectivity index (χ1v) is 9.76. The first-order valence-electron chi connectivity index (χ1n) is 8.71. The lowest BCUT2D eigenvalue weighted by Gasteiger charge is -2.28. The second-order valence-electron chi connectivity index (χ2n) is 6.25. The monoisotopic (exact) mass is 456 g/mol. The fourth-order valence-corrected chi connectivity index (χ4v) is 4.09. The summed E-state index contributed by atoms with van der Waals surface area (Å²) in [6, 6.07) is 0. The maximum Gasteiger partial charge on any atom is 0.191 e. The van der Waals surface area contributed by atoms with Crippen LogP contribution >= 0.6 is 35.7 Å². The summed E-state index contributed by atoms with van der Waals surface area (Å²) < 4.78 is 5.40. The molecule has 0 amide bonds. The van der Waals surface area contributed by atoms with Crippen molar-refractivity contribution in [3.8, 4) is 0 Å². The predicted molar refractivity (Wildman–Crippen MR) is 111 cm³/mol. The molecule has 136 valence electrons. The van der Waals surface area contributed by atoms with Crippen molar-refractivity contribution in [2.45, 2.75) is 31.9 Å². The highest BCUT2D eigenvalue weighted by molar-refractivity contribution is 14.0. The quantitative estimate of drug-likeness (QED) is 0.349. The van der Waals surface area contributed by atoms with Gasteiger partial charge in [0.25, 0.3) is 0 Å². The van der Waals surface area contributed by atoms with E-state index in [1.165, 1.54) is 18.6 Å². The number of nitrogens with one attached hydrogen (secondary N) is 2. The first-order chi connectivity index (χ1) is 10.8. The zero-order valence-electron chi connectivity index (χ0n) is 14.6. The standard InChI is InChI=1S/C16H32N4OS.HI/c1-3-17-16(19-12-15-5-4-10-22-15)18-11-14(2)13-20-6-8-21-9-7-20;/h14-15H,3-13H2,1-2H3,(H2,17,18,19);1H. The fourth-order valence-electron chi connectivity index (χ4n) is 2.89. The lowest BCUT2D eigenvalue weighted by atomic mass is 10.1. The van der Waals surface area contributed by atoms with Gasteiger partial charge < -0.3 is 15.4 Å². The number of nitrogens with zero attached hydrogens (tertiary/aromatic N) is 2. The summed E-state index contributed by atoms with van der Waals surface area (Å²) in [4.78, 5) is 7.25. The molecule has 0 aromatic rings. The topological polar surface area (TPSA) is 48.9 Å². The Kier molecular flexibility index (Phi) is 11.7. The predicted octanol–water partition coefficient (Wildman–Crippen LogP) is 2.02. The van der Waals surface area contributed by atoms with Gasteiger partial charge in [0.1, 0.15) is 0 Å². The molecule has 2 fully saturated rings. The number of hydrogen-bond acceptors (Lipinski definition) is 4. The van der Waals surface area contributed by atoms with Gasteiger partial charge in [-0.25, -0.2) is 0 Å². The Bertz CT molecular complexity index is 334. The van der Waals surface area contributed by atoms with Crippen LogP contribution in [-0.4, -0.2) is 74.3 Å². The highest BCUT2D eigenvalue weighted by atomic mass is 127. The van der Waals surface area contributed by atoms with Crippen LogP contribution in [0.15, 0.2) is 4.99 Å². The highest BCUT2D eigenvalue weighted by Crippen LogP contribution is 2.25. The van der Waals surface area contributed by atoms with Crippen molar-refractivity contribution in [3.05, 3.63) is 0 Å². The van der Waals surface area contributed by atoms with Crippen LogP contribution in [0.25, 0.3) is 0 Å². The summed E-state index contributed by atoms with van der Waals surface area (Å²) in [6.07, 6.45) is 2.70. The van der Waals surface area contributed by atoms with Gasteiger partial charge in [-0.05, 0) is 31.4 Å². The Morgan fingerprint density at radius 3 is 2.78 bits per heavy atom. The third-order valence-corrected chi connectivity index (χ3v) is 5.50. The lowest BCUT2D eigenvalue weighted by Crippen LogP contribution is -2.41. The number of thioether (sulfide) groups is 1. The number of ether oxygens (including phenoxy) is 1. The van der Waals surface area contributed by atoms with Crippen LogP contribution in [0, 0.1) is 5.92 Å². The SMILES string of the molecule is CCNC(=NCC(C)CN1CCOCC1)NCC1CCCS1.I. The molecular formula is C16H33IN4OS. The second-order valence-corrected chi connectivity index (χ2v) is 7.66. The molecule has 2 saturated heterocycles. The number of aliphatic imine (C=N–C) groups is 1. The van der Waals surface area contributed by atoms with Gasteiger partial charge in [0.05, 0.1) is 13.2 Å². The number of morpholine rings is 1. The van der Waals surface area contributed by atoms with Gasteiger partial charge in [0.15, 0.2) is 5.96 Å². The number of hydrogen-bond donors (Lipinski definition) is 2. The van der Waals surface area contributed by atoms with E-state index in [4.69, 9.17) is 9.73 Å². The van der Waals surface area contributed by atoms with Crippen molar-refractivity contribution in [1.82, 2.24) is 15.5 Å². The third kappa shape index (κ3) is 8.79. The Balaban J connectivity index is 0.00000264. The second kappa shape index (κ2) is 12.6. The minimum absolute atomic E-state index is 0. The maximum atomic E-state index is 5.40. The fraction of sp³-hybridized carbons (Fsp3) is 0.938. The number of guanidine groups is 1. The van der Waals surface area contributed by atoms with Crippen LogP contribution in [0.4, 0.5) is 0 Å². The minimum atomic E-state index is 0. The van der Waals surface area contributed by atoms with Crippen molar-refractivity contribution in [3.63, 3.8) is 0 Å². The summed E-state index contributed by atoms with van der Waals surface area (Å²) in [5, 5.41) is 7.63. The highest BCUT2D eigenvalue weighted by Gasteiger charge is 2.16. The molecule has 0 spiro atoms. The summed E-state index contributed by atoms with van der Waals surface area (Å²) in [5.41, 5.74) is 0. The van der Waals surface area contributed by atoms with Gasteiger partial charge in [-0.3, -0.25) is 9.89 Å². The largest absolute Gasteiger partial charge is 0.379 e. The summed E-state index contributed by atoms with van der Waals surface area (Å²) in [6.45, 7) is 12.2. The smallest absolute Gasteiger partial charge is 0.191 e. The molecule has 0 bridgehead atoms. The van der Waals surface area contributed by atoms with E-state index in [2.05, 4.69) is 41.1 Å². The average molecular weight is 456 g/mol. The van der Waals surface area contributed by atoms with E-state index >= 15 is 0 Å². The first kappa shape index (κ1) is 21.3. The van der Waals surface area contributed by atoms with Crippen LogP contribution in [0.5, 0.6) is 0 Å². The van der Waals surface area contributed by atoms with Gasteiger partial charge in [-0.1, -0.05) is 6.92 Å². The molecule has 0 aliphatic carbocycles. The van der Waals surface area contributed by atoms with Crippen LogP contribution < -0.4 is 10.6 Å². The average Bonchev–Trinajstić information content (AvgIpc) is 3.04. The summed E-state index contributed by atoms with van der Waals surface area (Å²) in [7, 11) is 0. The third-order valence-electron chi connectivity index (χ3n) is 4.10. The Morgan fingerprint density at radius 2 is 2.13 bits per heavy atom. The van der Waals surface area contributed by atoms with Crippen LogP contribution in [-0.2, 0) is 4.74 Å². The zero-order valence-corrected chi connectivity index (χ0v) is 17.7. The van der Waals surface area contributed by atoms with Gasteiger partial charge >= 0.3 is 0 Å².